The fourth-order valence-corrected chi connectivity index (χ4v) is 1.76. The Morgan fingerprint density at radius 3 is 2.60 bits per heavy atom. The van der Waals surface area contributed by atoms with Crippen LogP contribution in [0.25, 0.3) is 0 Å². The van der Waals surface area contributed by atoms with Crippen molar-refractivity contribution in [3.05, 3.63) is 28.2 Å². The Balaban J connectivity index is 3.10. The molecule has 0 saturated heterocycles. The summed E-state index contributed by atoms with van der Waals surface area (Å²) in [5.74, 6) is -2.53. The second-order valence-electron chi connectivity index (χ2n) is 4.37. The number of nitrogens with one attached hydrogen (secondary N) is 1. The molecule has 1 atom stereocenters. The number of hydrogen-bond acceptors (Lipinski definition) is 3. The average molecular weight is 350 g/mol. The first kappa shape index (κ1) is 16.4. The number of carbonyl (C=O) groups is 1. The summed E-state index contributed by atoms with van der Waals surface area (Å²) in [6.45, 7) is 3.08. The van der Waals surface area contributed by atoms with Gasteiger partial charge in [0.15, 0.2) is 5.84 Å². The van der Waals surface area contributed by atoms with Crippen LogP contribution in [-0.2, 0) is 4.79 Å². The second-order valence-corrected chi connectivity index (χ2v) is 5.23. The number of hydrogen-bond donors (Lipinski definition) is 3. The average Bonchev–Trinajstić information content (AvgIpc) is 2.42. The number of halogens is 3. The number of nitrogens with zero attached hydrogens (tertiary/aromatic N) is 1. The van der Waals surface area contributed by atoms with E-state index in [4.69, 9.17) is 10.9 Å². The molecule has 0 spiro atoms. The van der Waals surface area contributed by atoms with Crippen molar-refractivity contribution in [2.24, 2.45) is 16.3 Å². The van der Waals surface area contributed by atoms with E-state index in [0.29, 0.717) is 0 Å². The van der Waals surface area contributed by atoms with Gasteiger partial charge in [-0.05, 0) is 35.3 Å². The molecule has 0 aliphatic heterocycles. The number of benzene rings is 1. The van der Waals surface area contributed by atoms with E-state index < -0.39 is 23.0 Å². The molecule has 0 aromatic heterocycles. The zero-order valence-corrected chi connectivity index (χ0v) is 12.5. The minimum absolute atomic E-state index is 0.0531. The molecule has 1 aromatic rings. The van der Waals surface area contributed by atoms with Crippen LogP contribution in [-0.4, -0.2) is 17.0 Å². The molecule has 5 nitrogen and oxygen atoms in total. The van der Waals surface area contributed by atoms with E-state index in [9.17, 15) is 13.6 Å². The van der Waals surface area contributed by atoms with Crippen molar-refractivity contribution in [3.63, 3.8) is 0 Å². The van der Waals surface area contributed by atoms with Crippen LogP contribution in [0.1, 0.15) is 20.3 Å². The van der Waals surface area contributed by atoms with Crippen molar-refractivity contribution in [2.75, 3.05) is 5.32 Å². The molecule has 4 N–H and O–H groups in total. The molecule has 8 heteroatoms. The van der Waals surface area contributed by atoms with Gasteiger partial charge in [0, 0.05) is 6.07 Å². The van der Waals surface area contributed by atoms with Gasteiger partial charge in [0.2, 0.25) is 5.91 Å². The summed E-state index contributed by atoms with van der Waals surface area (Å²) in [6, 6.07) is 1.75. The smallest absolute Gasteiger partial charge is 0.238 e. The topological polar surface area (TPSA) is 87.7 Å². The van der Waals surface area contributed by atoms with E-state index in [2.05, 4.69) is 26.4 Å². The van der Waals surface area contributed by atoms with E-state index in [1.165, 1.54) is 6.92 Å². The van der Waals surface area contributed by atoms with Crippen molar-refractivity contribution in [3.8, 4) is 0 Å². The van der Waals surface area contributed by atoms with Crippen molar-refractivity contribution < 1.29 is 18.8 Å². The van der Waals surface area contributed by atoms with Gasteiger partial charge in [0.1, 0.15) is 17.0 Å². The van der Waals surface area contributed by atoms with Gasteiger partial charge in [-0.15, -0.1) is 0 Å². The lowest BCUT2D eigenvalue weighted by molar-refractivity contribution is -0.121. The highest BCUT2D eigenvalue weighted by molar-refractivity contribution is 9.10. The molecule has 20 heavy (non-hydrogen) atoms. The molecule has 0 aliphatic carbocycles. The predicted molar refractivity (Wildman–Crippen MR) is 74.5 cm³/mol. The Kier molecular flexibility index (Phi) is 5.04. The third kappa shape index (κ3) is 3.06. The molecule has 1 unspecified atom stereocenters. The Labute approximate surface area is 123 Å². The summed E-state index contributed by atoms with van der Waals surface area (Å²) in [7, 11) is 0. The highest BCUT2D eigenvalue weighted by atomic mass is 79.9. The molecule has 0 bridgehead atoms. The Morgan fingerprint density at radius 1 is 1.50 bits per heavy atom. The number of amides is 1. The summed E-state index contributed by atoms with van der Waals surface area (Å²) in [5, 5.41) is 13.7. The molecule has 0 fully saturated rings. The van der Waals surface area contributed by atoms with E-state index >= 15 is 0 Å². The summed E-state index contributed by atoms with van der Waals surface area (Å²) in [5.41, 5.74) is 3.83. The maximum Gasteiger partial charge on any atom is 0.238 e. The van der Waals surface area contributed by atoms with Crippen molar-refractivity contribution in [1.29, 1.82) is 0 Å². The lowest BCUT2D eigenvalue weighted by Crippen LogP contribution is -2.44. The van der Waals surface area contributed by atoms with E-state index in [1.807, 2.05) is 0 Å². The van der Waals surface area contributed by atoms with Gasteiger partial charge in [-0.25, -0.2) is 8.78 Å². The van der Waals surface area contributed by atoms with Crippen LogP contribution in [0, 0.1) is 17.0 Å². The van der Waals surface area contributed by atoms with Crippen molar-refractivity contribution in [2.45, 2.75) is 20.3 Å². The first-order valence-corrected chi connectivity index (χ1v) is 6.49. The Hall–Kier alpha value is -1.70. The first-order valence-electron chi connectivity index (χ1n) is 5.70. The zero-order chi connectivity index (χ0) is 15.5. The molecule has 1 amide bonds. The van der Waals surface area contributed by atoms with Crippen LogP contribution in [0.5, 0.6) is 0 Å². The Morgan fingerprint density at radius 2 is 2.10 bits per heavy atom. The molecule has 110 valence electrons. The normalized spacial score (nSPS) is 14.8. The fourth-order valence-electron chi connectivity index (χ4n) is 1.45. The number of nitrogens with two attached hydrogens (primary N) is 1. The molecule has 0 heterocycles. The molecule has 0 aliphatic rings. The number of anilines is 1. The summed E-state index contributed by atoms with van der Waals surface area (Å²) in [4.78, 5) is 12.1. The molecular formula is C12H14BrF2N3O2. The van der Waals surface area contributed by atoms with Gasteiger partial charge in [-0.3, -0.25) is 4.79 Å². The van der Waals surface area contributed by atoms with E-state index in [1.54, 1.807) is 6.92 Å². The number of carbonyl (C=O) groups excluding carboxylic acids is 1. The van der Waals surface area contributed by atoms with Gasteiger partial charge in [0.05, 0.1) is 10.2 Å². The van der Waals surface area contributed by atoms with Gasteiger partial charge in [0.25, 0.3) is 0 Å². The Bertz CT molecular complexity index is 566. The number of oxime groups is 1. The number of amidine groups is 1. The highest BCUT2D eigenvalue weighted by Crippen LogP contribution is 2.27. The van der Waals surface area contributed by atoms with E-state index in [0.717, 1.165) is 12.1 Å². The molecule has 1 rings (SSSR count). The van der Waals surface area contributed by atoms with Gasteiger partial charge in [-0.2, -0.15) is 0 Å². The van der Waals surface area contributed by atoms with Crippen LogP contribution >= 0.6 is 15.9 Å². The maximum absolute atomic E-state index is 13.6. The van der Waals surface area contributed by atoms with Gasteiger partial charge >= 0.3 is 0 Å². The van der Waals surface area contributed by atoms with Crippen LogP contribution in [0.15, 0.2) is 21.8 Å². The van der Waals surface area contributed by atoms with Crippen LogP contribution < -0.4 is 11.1 Å². The first-order chi connectivity index (χ1) is 9.26. The highest BCUT2D eigenvalue weighted by Gasteiger charge is 2.36. The van der Waals surface area contributed by atoms with Crippen LogP contribution in [0.3, 0.4) is 0 Å². The summed E-state index contributed by atoms with van der Waals surface area (Å²) in [6.07, 6.45) is 0.218. The minimum atomic E-state index is -1.33. The third-order valence-electron chi connectivity index (χ3n) is 3.14. The molecule has 0 saturated carbocycles. The van der Waals surface area contributed by atoms with Gasteiger partial charge < -0.3 is 16.3 Å². The monoisotopic (exact) mass is 349 g/mol. The van der Waals surface area contributed by atoms with E-state index in [-0.39, 0.29) is 22.4 Å². The lowest BCUT2D eigenvalue weighted by Gasteiger charge is -2.25. The second kappa shape index (κ2) is 6.17. The van der Waals surface area contributed by atoms with Crippen molar-refractivity contribution in [1.82, 2.24) is 0 Å². The standard InChI is InChI=1S/C12H14BrF2N3O2/c1-3-12(2,10(16)18-20)11(19)17-9-5-7(14)6(13)4-8(9)15/h4-5,20H,3H2,1-2H3,(H2,16,18)(H,17,19). The molecule has 0 radical (unpaired) electrons. The number of rotatable bonds is 4. The van der Waals surface area contributed by atoms with Crippen LogP contribution in [0.2, 0.25) is 0 Å². The maximum atomic E-state index is 13.6. The SMILES string of the molecule is CCC(C)(C(=O)Nc1cc(F)c(Br)cc1F)/C(N)=N/O. The molecular weight excluding hydrogens is 336 g/mol. The zero-order valence-electron chi connectivity index (χ0n) is 10.9. The third-order valence-corrected chi connectivity index (χ3v) is 3.75. The summed E-state index contributed by atoms with van der Waals surface area (Å²) >= 11 is 2.83. The van der Waals surface area contributed by atoms with Crippen molar-refractivity contribution >= 4 is 33.4 Å². The quantitative estimate of drug-likeness (QED) is 0.257. The lowest BCUT2D eigenvalue weighted by atomic mass is 9.85. The largest absolute Gasteiger partial charge is 0.409 e. The minimum Gasteiger partial charge on any atom is -0.409 e. The predicted octanol–water partition coefficient (Wildman–Crippen LogP) is 2.83. The molecule has 1 aromatic carbocycles. The summed E-state index contributed by atoms with van der Waals surface area (Å²) < 4.78 is 27.0. The fraction of sp³-hybridized carbons (Fsp3) is 0.333. The van der Waals surface area contributed by atoms with Crippen LogP contribution in [0.4, 0.5) is 14.5 Å². The van der Waals surface area contributed by atoms with Gasteiger partial charge in [-0.1, -0.05) is 12.1 Å².